The Bertz CT molecular complexity index is 1540. The van der Waals surface area contributed by atoms with Gasteiger partial charge in [-0.25, -0.2) is 4.39 Å². The predicted octanol–water partition coefficient (Wildman–Crippen LogP) is 6.72. The van der Waals surface area contributed by atoms with Gasteiger partial charge < -0.3 is 9.15 Å². The van der Waals surface area contributed by atoms with E-state index in [1.54, 1.807) is 4.90 Å². The van der Waals surface area contributed by atoms with Crippen molar-refractivity contribution < 1.29 is 18.3 Å². The molecule has 1 aliphatic rings. The lowest BCUT2D eigenvalue weighted by Crippen LogP contribution is -2.29. The van der Waals surface area contributed by atoms with Crippen LogP contribution in [0.2, 0.25) is 0 Å². The number of carbonyl (C=O) groups excluding carboxylic acids is 1. The van der Waals surface area contributed by atoms with E-state index in [0.29, 0.717) is 29.5 Å². The molecular weight excluding hydrogens is 457 g/mol. The molecule has 0 bridgehead atoms. The molecule has 1 atom stereocenters. The lowest BCUT2D eigenvalue weighted by atomic mass is 9.97. The Morgan fingerprint density at radius 1 is 1.00 bits per heavy atom. The highest BCUT2D eigenvalue weighted by Gasteiger charge is 2.43. The number of halogens is 1. The van der Waals surface area contributed by atoms with Gasteiger partial charge in [0.05, 0.1) is 23.6 Å². The summed E-state index contributed by atoms with van der Waals surface area (Å²) in [4.78, 5) is 29.0. The van der Waals surface area contributed by atoms with E-state index in [0.717, 1.165) is 23.6 Å². The number of anilines is 1. The Hall–Kier alpha value is -3.93. The van der Waals surface area contributed by atoms with Gasteiger partial charge in [-0.1, -0.05) is 32.0 Å². The Morgan fingerprint density at radius 2 is 1.81 bits per heavy atom. The van der Waals surface area contributed by atoms with Crippen LogP contribution < -0.4 is 15.1 Å². The normalized spacial score (nSPS) is 15.1. The zero-order chi connectivity index (χ0) is 25.6. The van der Waals surface area contributed by atoms with Crippen LogP contribution in [-0.2, 0) is 0 Å². The second kappa shape index (κ2) is 9.26. The first-order valence-electron chi connectivity index (χ1n) is 12.1. The molecule has 0 aliphatic carbocycles. The molecule has 1 unspecified atom stereocenters. The number of hydrogen-bond acceptors (Lipinski definition) is 4. The van der Waals surface area contributed by atoms with Crippen LogP contribution in [0, 0.1) is 25.6 Å². The molecule has 184 valence electrons. The topological polar surface area (TPSA) is 59.8 Å². The van der Waals surface area contributed by atoms with E-state index in [9.17, 15) is 14.0 Å². The molecule has 0 spiro atoms. The molecule has 36 heavy (non-hydrogen) atoms. The first-order valence-corrected chi connectivity index (χ1v) is 12.1. The molecule has 1 aliphatic heterocycles. The summed E-state index contributed by atoms with van der Waals surface area (Å²) in [5.74, 6) is 0.194. The minimum atomic E-state index is -0.743. The van der Waals surface area contributed by atoms with E-state index >= 15 is 0 Å². The lowest BCUT2D eigenvalue weighted by Gasteiger charge is -2.26. The molecule has 5 nitrogen and oxygen atoms in total. The molecular formula is C30H28FNO4. The maximum absolute atomic E-state index is 14.0. The molecule has 0 radical (unpaired) electrons. The molecule has 1 aromatic heterocycles. The first-order chi connectivity index (χ1) is 17.2. The molecule has 2 heterocycles. The average molecular weight is 486 g/mol. The number of amides is 1. The minimum absolute atomic E-state index is 0.0199. The first kappa shape index (κ1) is 23.8. The number of ether oxygens (including phenoxy) is 1. The number of carbonyl (C=O) groups is 1. The third-order valence-corrected chi connectivity index (χ3v) is 6.74. The smallest absolute Gasteiger partial charge is 0.295 e. The maximum Gasteiger partial charge on any atom is 0.295 e. The van der Waals surface area contributed by atoms with E-state index in [1.165, 1.54) is 12.1 Å². The molecule has 3 aromatic carbocycles. The van der Waals surface area contributed by atoms with Crippen LogP contribution in [0.15, 0.2) is 69.9 Å². The highest BCUT2D eigenvalue weighted by Crippen LogP contribution is 2.42. The van der Waals surface area contributed by atoms with Gasteiger partial charge in [0.1, 0.15) is 17.1 Å². The van der Waals surface area contributed by atoms with Crippen molar-refractivity contribution in [2.24, 2.45) is 5.92 Å². The van der Waals surface area contributed by atoms with Gasteiger partial charge in [-0.05, 0) is 85.3 Å². The van der Waals surface area contributed by atoms with E-state index in [1.807, 2.05) is 56.3 Å². The second-order valence-corrected chi connectivity index (χ2v) is 9.76. The predicted molar refractivity (Wildman–Crippen MR) is 138 cm³/mol. The van der Waals surface area contributed by atoms with Crippen LogP contribution in [0.25, 0.3) is 11.0 Å². The molecule has 0 saturated heterocycles. The molecule has 6 heteroatoms. The zero-order valence-corrected chi connectivity index (χ0v) is 20.8. The van der Waals surface area contributed by atoms with Gasteiger partial charge in [0.2, 0.25) is 5.76 Å². The zero-order valence-electron chi connectivity index (χ0n) is 20.8. The summed E-state index contributed by atoms with van der Waals surface area (Å²) in [6.45, 7) is 8.81. The lowest BCUT2D eigenvalue weighted by molar-refractivity contribution is 0.0971. The standard InChI is InChI=1S/C30H28FNO4/c1-17(2)12-13-35-23-7-5-6-20(15-23)27-26-28(33)24-16-21(31)9-11-25(24)36-29(26)30(34)32(27)22-10-8-18(3)19(4)14-22/h5-11,14-17,27H,12-13H2,1-4H3. The van der Waals surface area contributed by atoms with Crippen molar-refractivity contribution in [1.82, 2.24) is 0 Å². The van der Waals surface area contributed by atoms with Gasteiger partial charge in [0.15, 0.2) is 5.43 Å². The summed E-state index contributed by atoms with van der Waals surface area (Å²) in [5, 5.41) is 0.109. The van der Waals surface area contributed by atoms with Crippen LogP contribution in [0.1, 0.15) is 59.1 Å². The molecule has 5 rings (SSSR count). The van der Waals surface area contributed by atoms with Gasteiger partial charge >= 0.3 is 0 Å². The fraction of sp³-hybridized carbons (Fsp3) is 0.267. The molecule has 0 fully saturated rings. The Labute approximate surface area is 209 Å². The van der Waals surface area contributed by atoms with Gasteiger partial charge in [-0.3, -0.25) is 14.5 Å². The van der Waals surface area contributed by atoms with Crippen molar-refractivity contribution in [3.8, 4) is 5.75 Å². The number of benzene rings is 3. The van der Waals surface area contributed by atoms with Crippen LogP contribution in [0.4, 0.5) is 10.1 Å². The number of fused-ring (bicyclic) bond motifs is 2. The summed E-state index contributed by atoms with van der Waals surface area (Å²) >= 11 is 0. The monoisotopic (exact) mass is 485 g/mol. The van der Waals surface area contributed by atoms with Crippen molar-refractivity contribution >= 4 is 22.6 Å². The average Bonchev–Trinajstić information content (AvgIpc) is 3.14. The Kier molecular flexibility index (Phi) is 6.12. The van der Waals surface area contributed by atoms with E-state index in [4.69, 9.17) is 9.15 Å². The van der Waals surface area contributed by atoms with Gasteiger partial charge in [-0.15, -0.1) is 0 Å². The third-order valence-electron chi connectivity index (χ3n) is 6.74. The van der Waals surface area contributed by atoms with Crippen molar-refractivity contribution in [1.29, 1.82) is 0 Å². The summed E-state index contributed by atoms with van der Waals surface area (Å²) in [6.07, 6.45) is 0.908. The molecule has 0 N–H and O–H groups in total. The SMILES string of the molecule is Cc1ccc(N2C(=O)c3oc4ccc(F)cc4c(=O)c3C2c2cccc(OCCC(C)C)c2)cc1C. The Morgan fingerprint density at radius 3 is 2.56 bits per heavy atom. The highest BCUT2D eigenvalue weighted by atomic mass is 19.1. The van der Waals surface area contributed by atoms with Crippen LogP contribution in [-0.4, -0.2) is 12.5 Å². The van der Waals surface area contributed by atoms with Gasteiger partial charge in [0, 0.05) is 5.69 Å². The molecule has 1 amide bonds. The number of aryl methyl sites for hydroxylation is 2. The van der Waals surface area contributed by atoms with Gasteiger partial charge in [-0.2, -0.15) is 0 Å². The fourth-order valence-corrected chi connectivity index (χ4v) is 4.59. The van der Waals surface area contributed by atoms with E-state index < -0.39 is 23.2 Å². The van der Waals surface area contributed by atoms with Crippen LogP contribution >= 0.6 is 0 Å². The maximum atomic E-state index is 14.0. The van der Waals surface area contributed by atoms with Crippen molar-refractivity contribution in [3.63, 3.8) is 0 Å². The van der Waals surface area contributed by atoms with Crippen molar-refractivity contribution in [3.05, 3.63) is 105 Å². The third kappa shape index (κ3) is 4.17. The van der Waals surface area contributed by atoms with Crippen molar-refractivity contribution in [2.75, 3.05) is 11.5 Å². The summed E-state index contributed by atoms with van der Waals surface area (Å²) in [5.41, 5.74) is 3.45. The van der Waals surface area contributed by atoms with E-state index in [-0.39, 0.29) is 22.3 Å². The number of nitrogens with zero attached hydrogens (tertiary/aromatic N) is 1. The van der Waals surface area contributed by atoms with E-state index in [2.05, 4.69) is 13.8 Å². The minimum Gasteiger partial charge on any atom is -0.494 e. The molecule has 0 saturated carbocycles. The van der Waals surface area contributed by atoms with Crippen LogP contribution in [0.5, 0.6) is 5.75 Å². The summed E-state index contributed by atoms with van der Waals surface area (Å²) < 4.78 is 26.0. The van der Waals surface area contributed by atoms with Crippen LogP contribution in [0.3, 0.4) is 0 Å². The van der Waals surface area contributed by atoms with Gasteiger partial charge in [0.25, 0.3) is 5.91 Å². The molecule has 4 aromatic rings. The fourth-order valence-electron chi connectivity index (χ4n) is 4.59. The largest absolute Gasteiger partial charge is 0.494 e. The number of hydrogen-bond donors (Lipinski definition) is 0. The highest BCUT2D eigenvalue weighted by molar-refractivity contribution is 6.10. The number of rotatable bonds is 6. The Balaban J connectivity index is 1.70. The summed E-state index contributed by atoms with van der Waals surface area (Å²) in [7, 11) is 0. The quantitative estimate of drug-likeness (QED) is 0.304. The summed E-state index contributed by atoms with van der Waals surface area (Å²) in [6, 6.07) is 16.2. The van der Waals surface area contributed by atoms with Crippen molar-refractivity contribution in [2.45, 2.75) is 40.2 Å². The second-order valence-electron chi connectivity index (χ2n) is 9.76.